The molecule has 5 rings (SSSR count). The zero-order chi connectivity index (χ0) is 28.5. The Morgan fingerprint density at radius 3 is 2.38 bits per heavy atom. The van der Waals surface area contributed by atoms with Crippen molar-refractivity contribution in [2.24, 2.45) is 5.41 Å². The highest BCUT2D eigenvalue weighted by atomic mass is 32.2. The van der Waals surface area contributed by atoms with Crippen LogP contribution >= 0.6 is 0 Å². The molecular formula is C31H29NO7S. The maximum absolute atomic E-state index is 14.1. The second-order valence-corrected chi connectivity index (χ2v) is 11.5. The number of fused-ring (bicyclic) bond motifs is 1. The van der Waals surface area contributed by atoms with E-state index in [-0.39, 0.29) is 23.6 Å². The summed E-state index contributed by atoms with van der Waals surface area (Å²) in [6.07, 6.45) is -0.752. The van der Waals surface area contributed by atoms with Crippen molar-refractivity contribution in [3.05, 3.63) is 114 Å². The molecule has 9 heteroatoms. The third-order valence-corrected chi connectivity index (χ3v) is 8.95. The highest BCUT2D eigenvalue weighted by Gasteiger charge is 2.63. The second-order valence-electron chi connectivity index (χ2n) is 9.73. The Morgan fingerprint density at radius 2 is 1.70 bits per heavy atom. The molecule has 40 heavy (non-hydrogen) atoms. The standard InChI is InChI=1S/C31H29NO7S/c1-4-24-19-31(29(33)37-3,30(34)38-20-22-10-6-5-7-11-22)28(39-24)27-18-23-12-8-9-13-26(23)32(27)40(35,36)25-16-14-21(2)15-17-25/h4-18,24,28H,1,19-20H2,2-3H3/t24-,28?,31?/m0/s1. The van der Waals surface area contributed by atoms with Crippen molar-refractivity contribution in [1.29, 1.82) is 0 Å². The van der Waals surface area contributed by atoms with Crippen molar-refractivity contribution in [2.75, 3.05) is 7.11 Å². The number of para-hydroxylation sites is 1. The number of carbonyl (C=O) groups is 2. The first-order chi connectivity index (χ1) is 19.2. The van der Waals surface area contributed by atoms with Gasteiger partial charge in [-0.25, -0.2) is 12.4 Å². The lowest BCUT2D eigenvalue weighted by atomic mass is 9.78. The van der Waals surface area contributed by atoms with Crippen molar-refractivity contribution in [3.8, 4) is 0 Å². The van der Waals surface area contributed by atoms with Gasteiger partial charge in [-0.2, -0.15) is 0 Å². The van der Waals surface area contributed by atoms with Crippen LogP contribution in [0, 0.1) is 12.3 Å². The lowest BCUT2D eigenvalue weighted by molar-refractivity contribution is -0.176. The van der Waals surface area contributed by atoms with E-state index >= 15 is 0 Å². The van der Waals surface area contributed by atoms with Crippen LogP contribution in [0.2, 0.25) is 0 Å². The quantitative estimate of drug-likeness (QED) is 0.168. The van der Waals surface area contributed by atoms with Gasteiger partial charge in [0.15, 0.2) is 5.41 Å². The molecule has 0 aliphatic carbocycles. The van der Waals surface area contributed by atoms with E-state index in [1.54, 1.807) is 54.6 Å². The average molecular weight is 560 g/mol. The molecule has 1 aliphatic heterocycles. The number of carbonyl (C=O) groups excluding carboxylic acids is 2. The summed E-state index contributed by atoms with van der Waals surface area (Å²) in [5.41, 5.74) is 0.114. The van der Waals surface area contributed by atoms with Crippen molar-refractivity contribution in [3.63, 3.8) is 0 Å². The lowest BCUT2D eigenvalue weighted by Crippen LogP contribution is -2.44. The van der Waals surface area contributed by atoms with Gasteiger partial charge < -0.3 is 14.2 Å². The van der Waals surface area contributed by atoms with E-state index in [1.807, 2.05) is 25.1 Å². The van der Waals surface area contributed by atoms with Crippen LogP contribution in [0.4, 0.5) is 0 Å². The smallest absolute Gasteiger partial charge is 0.327 e. The summed E-state index contributed by atoms with van der Waals surface area (Å²) in [6.45, 7) is 5.56. The summed E-state index contributed by atoms with van der Waals surface area (Å²) in [7, 11) is -3.02. The minimum atomic E-state index is -4.19. The zero-order valence-electron chi connectivity index (χ0n) is 22.1. The van der Waals surface area contributed by atoms with Gasteiger partial charge in [0.25, 0.3) is 10.0 Å². The summed E-state index contributed by atoms with van der Waals surface area (Å²) in [5.74, 6) is -1.76. The molecule has 0 N–H and O–H groups in total. The van der Waals surface area contributed by atoms with E-state index in [9.17, 15) is 18.0 Å². The molecule has 2 unspecified atom stereocenters. The topological polar surface area (TPSA) is 101 Å². The predicted molar refractivity (Wildman–Crippen MR) is 149 cm³/mol. The number of hydrogen-bond acceptors (Lipinski definition) is 7. The zero-order valence-corrected chi connectivity index (χ0v) is 23.0. The monoisotopic (exact) mass is 559 g/mol. The summed E-state index contributed by atoms with van der Waals surface area (Å²) < 4.78 is 46.4. The molecule has 0 saturated carbocycles. The van der Waals surface area contributed by atoms with Gasteiger partial charge >= 0.3 is 11.9 Å². The molecule has 1 fully saturated rings. The Morgan fingerprint density at radius 1 is 1.02 bits per heavy atom. The summed E-state index contributed by atoms with van der Waals surface area (Å²) in [5, 5.41) is 0.593. The highest BCUT2D eigenvalue weighted by Crippen LogP contribution is 2.52. The van der Waals surface area contributed by atoms with Crippen LogP contribution in [-0.2, 0) is 40.4 Å². The van der Waals surface area contributed by atoms with E-state index in [1.165, 1.54) is 25.3 Å². The third kappa shape index (κ3) is 4.61. The SMILES string of the molecule is C=C[C@H]1CC(C(=O)OC)(C(=O)OCc2ccccc2)C(c2cc3ccccc3n2S(=O)(=O)c2ccc(C)cc2)O1. The van der Waals surface area contributed by atoms with Gasteiger partial charge in [-0.3, -0.25) is 9.59 Å². The fourth-order valence-electron chi connectivity index (χ4n) is 5.14. The van der Waals surface area contributed by atoms with Gasteiger partial charge in [0.2, 0.25) is 0 Å². The van der Waals surface area contributed by atoms with Crippen LogP contribution in [-0.4, -0.2) is 37.5 Å². The first-order valence-corrected chi connectivity index (χ1v) is 14.2. The minimum absolute atomic E-state index is 0.0503. The fraction of sp³-hybridized carbons (Fsp3) is 0.226. The maximum atomic E-state index is 14.1. The Balaban J connectivity index is 1.70. The molecule has 8 nitrogen and oxygen atoms in total. The Labute approximate surface area is 232 Å². The van der Waals surface area contributed by atoms with Crippen molar-refractivity contribution in [1.82, 2.24) is 3.97 Å². The molecule has 3 atom stereocenters. The fourth-order valence-corrected chi connectivity index (χ4v) is 6.68. The molecule has 206 valence electrons. The number of hydrogen-bond donors (Lipinski definition) is 0. The summed E-state index contributed by atoms with van der Waals surface area (Å²) in [6, 6.07) is 24.0. The van der Waals surface area contributed by atoms with Crippen molar-refractivity contribution >= 4 is 32.9 Å². The van der Waals surface area contributed by atoms with Crippen LogP contribution in [0.1, 0.15) is 29.3 Å². The van der Waals surface area contributed by atoms with E-state index in [4.69, 9.17) is 14.2 Å². The largest absolute Gasteiger partial charge is 0.468 e. The van der Waals surface area contributed by atoms with Crippen LogP contribution in [0.15, 0.2) is 102 Å². The van der Waals surface area contributed by atoms with Crippen LogP contribution in [0.3, 0.4) is 0 Å². The second kappa shape index (κ2) is 10.7. The van der Waals surface area contributed by atoms with Gasteiger partial charge in [0.1, 0.15) is 12.7 Å². The van der Waals surface area contributed by atoms with Gasteiger partial charge in [-0.1, -0.05) is 72.3 Å². The number of nitrogens with zero attached hydrogens (tertiary/aromatic N) is 1. The van der Waals surface area contributed by atoms with E-state index in [0.29, 0.717) is 10.9 Å². The minimum Gasteiger partial charge on any atom is -0.468 e. The number of methoxy groups -OCH3 is 1. The van der Waals surface area contributed by atoms with Gasteiger partial charge in [0, 0.05) is 11.8 Å². The molecule has 1 saturated heterocycles. The van der Waals surface area contributed by atoms with Crippen LogP contribution in [0.25, 0.3) is 10.9 Å². The summed E-state index contributed by atoms with van der Waals surface area (Å²) in [4.78, 5) is 27.4. The predicted octanol–water partition coefficient (Wildman–Crippen LogP) is 5.11. The Hall–Kier alpha value is -4.21. The van der Waals surface area contributed by atoms with Crippen molar-refractivity contribution in [2.45, 2.75) is 37.1 Å². The van der Waals surface area contributed by atoms with Gasteiger partial charge in [-0.05, 0) is 36.8 Å². The molecule has 1 aromatic heterocycles. The van der Waals surface area contributed by atoms with Gasteiger partial charge in [0.05, 0.1) is 29.3 Å². The lowest BCUT2D eigenvalue weighted by Gasteiger charge is -2.29. The van der Waals surface area contributed by atoms with E-state index in [0.717, 1.165) is 15.1 Å². The third-order valence-electron chi connectivity index (χ3n) is 7.19. The van der Waals surface area contributed by atoms with Gasteiger partial charge in [-0.15, -0.1) is 6.58 Å². The number of esters is 2. The van der Waals surface area contributed by atoms with E-state index < -0.39 is 39.6 Å². The molecule has 0 radical (unpaired) electrons. The molecule has 0 spiro atoms. The number of rotatable bonds is 8. The number of aromatic nitrogens is 1. The Kier molecular flexibility index (Phi) is 7.35. The summed E-state index contributed by atoms with van der Waals surface area (Å²) >= 11 is 0. The highest BCUT2D eigenvalue weighted by molar-refractivity contribution is 7.90. The molecule has 3 aromatic carbocycles. The molecule has 2 heterocycles. The van der Waals surface area contributed by atoms with Crippen molar-refractivity contribution < 1.29 is 32.2 Å². The van der Waals surface area contributed by atoms with E-state index in [2.05, 4.69) is 6.58 Å². The van der Waals surface area contributed by atoms with Crippen LogP contribution < -0.4 is 0 Å². The molecule has 0 amide bonds. The number of ether oxygens (including phenoxy) is 3. The maximum Gasteiger partial charge on any atom is 0.327 e. The number of aryl methyl sites for hydroxylation is 1. The normalized spacial score (nSPS) is 20.8. The molecule has 4 aromatic rings. The molecule has 1 aliphatic rings. The molecular weight excluding hydrogens is 530 g/mol. The molecule has 0 bridgehead atoms. The Bertz CT molecular complexity index is 1680. The first kappa shape index (κ1) is 27.4. The first-order valence-electron chi connectivity index (χ1n) is 12.7. The number of benzene rings is 3. The van der Waals surface area contributed by atoms with Crippen LogP contribution in [0.5, 0.6) is 0 Å². The average Bonchev–Trinajstić information content (AvgIpc) is 3.56.